The monoisotopic (exact) mass is 420 g/mol. The van der Waals surface area contributed by atoms with Crippen LogP contribution in [-0.4, -0.2) is 29.5 Å². The Kier molecular flexibility index (Phi) is 4.30. The summed E-state index contributed by atoms with van der Waals surface area (Å²) in [4.78, 5) is 34.0. The van der Waals surface area contributed by atoms with E-state index in [-0.39, 0.29) is 5.56 Å². The number of halogens is 1. The molecule has 1 N–H and O–H groups in total. The molecule has 7 nitrogen and oxygen atoms in total. The molecular weight excluding hydrogens is 408 g/mol. The third-order valence-corrected chi connectivity index (χ3v) is 5.82. The zero-order valence-corrected chi connectivity index (χ0v) is 16.7. The Morgan fingerprint density at radius 3 is 2.79 bits per heavy atom. The van der Waals surface area contributed by atoms with Gasteiger partial charge in [0.15, 0.2) is 10.8 Å². The highest BCUT2D eigenvalue weighted by Crippen LogP contribution is 2.31. The summed E-state index contributed by atoms with van der Waals surface area (Å²) >= 11 is 7.62. The molecule has 0 atom stereocenters. The number of H-pyrrole nitrogens is 1. The Morgan fingerprint density at radius 2 is 1.93 bits per heavy atom. The second kappa shape index (κ2) is 6.98. The molecule has 3 aromatic heterocycles. The van der Waals surface area contributed by atoms with E-state index in [2.05, 4.69) is 19.9 Å². The average molecular weight is 421 g/mol. The van der Waals surface area contributed by atoms with Crippen molar-refractivity contribution >= 4 is 45.4 Å². The SMILES string of the molecule is Cc1ccccc1-n1c(Sc2ncnc3nc[nH]c23)nc2cccc(Cl)c2c1=O. The van der Waals surface area contributed by atoms with Gasteiger partial charge in [-0.15, -0.1) is 0 Å². The van der Waals surface area contributed by atoms with Gasteiger partial charge in [0.25, 0.3) is 5.56 Å². The molecular formula is C20H13ClN6OS. The summed E-state index contributed by atoms with van der Waals surface area (Å²) in [7, 11) is 0. The second-order valence-electron chi connectivity index (χ2n) is 6.34. The summed E-state index contributed by atoms with van der Waals surface area (Å²) in [6.45, 7) is 1.95. The molecule has 5 rings (SSSR count). The quantitative estimate of drug-likeness (QED) is 0.348. The Morgan fingerprint density at radius 1 is 1.07 bits per heavy atom. The lowest BCUT2D eigenvalue weighted by Gasteiger charge is -2.15. The molecule has 0 aliphatic heterocycles. The predicted octanol–water partition coefficient (Wildman–Crippen LogP) is 4.17. The van der Waals surface area contributed by atoms with Crippen LogP contribution in [0.5, 0.6) is 0 Å². The minimum Gasteiger partial charge on any atom is -0.341 e. The number of imidazole rings is 1. The van der Waals surface area contributed by atoms with Gasteiger partial charge in [-0.05, 0) is 42.4 Å². The number of para-hydroxylation sites is 1. The number of hydrogen-bond acceptors (Lipinski definition) is 6. The maximum Gasteiger partial charge on any atom is 0.268 e. The molecule has 0 unspecified atom stereocenters. The first-order valence-electron chi connectivity index (χ1n) is 8.72. The number of aryl methyl sites for hydroxylation is 1. The van der Waals surface area contributed by atoms with Gasteiger partial charge in [-0.2, -0.15) is 0 Å². The van der Waals surface area contributed by atoms with Crippen molar-refractivity contribution in [2.24, 2.45) is 0 Å². The first kappa shape index (κ1) is 17.8. The molecule has 0 amide bonds. The van der Waals surface area contributed by atoms with Crippen LogP contribution in [-0.2, 0) is 0 Å². The molecule has 0 fully saturated rings. The highest BCUT2D eigenvalue weighted by molar-refractivity contribution is 7.99. The summed E-state index contributed by atoms with van der Waals surface area (Å²) < 4.78 is 1.58. The summed E-state index contributed by atoms with van der Waals surface area (Å²) in [6, 6.07) is 12.9. The van der Waals surface area contributed by atoms with E-state index in [0.717, 1.165) is 11.3 Å². The van der Waals surface area contributed by atoms with E-state index in [1.165, 1.54) is 18.1 Å². The molecule has 0 spiro atoms. The molecule has 0 aliphatic carbocycles. The van der Waals surface area contributed by atoms with Gasteiger partial charge in [0.05, 0.1) is 27.9 Å². The highest BCUT2D eigenvalue weighted by Gasteiger charge is 2.19. The number of aromatic nitrogens is 6. The normalized spacial score (nSPS) is 11.4. The molecule has 0 bridgehead atoms. The van der Waals surface area contributed by atoms with Crippen LogP contribution in [0, 0.1) is 6.92 Å². The van der Waals surface area contributed by atoms with Gasteiger partial charge in [0.1, 0.15) is 16.9 Å². The number of rotatable bonds is 3. The number of nitrogens with one attached hydrogen (secondary N) is 1. The van der Waals surface area contributed by atoms with Crippen molar-refractivity contribution in [1.82, 2.24) is 29.5 Å². The van der Waals surface area contributed by atoms with Crippen LogP contribution in [0.3, 0.4) is 0 Å². The minimum absolute atomic E-state index is 0.229. The molecule has 0 aliphatic rings. The molecule has 0 saturated heterocycles. The van der Waals surface area contributed by atoms with E-state index < -0.39 is 0 Å². The topological polar surface area (TPSA) is 89.3 Å². The molecule has 3 heterocycles. The van der Waals surface area contributed by atoms with Crippen molar-refractivity contribution < 1.29 is 0 Å². The van der Waals surface area contributed by atoms with Crippen LogP contribution in [0.2, 0.25) is 5.02 Å². The summed E-state index contributed by atoms with van der Waals surface area (Å²) in [6.07, 6.45) is 3.01. The maximum atomic E-state index is 13.5. The molecule has 142 valence electrons. The smallest absolute Gasteiger partial charge is 0.268 e. The molecule has 0 radical (unpaired) electrons. The van der Waals surface area contributed by atoms with Crippen LogP contribution in [0.1, 0.15) is 5.56 Å². The zero-order valence-electron chi connectivity index (χ0n) is 15.1. The van der Waals surface area contributed by atoms with Gasteiger partial charge >= 0.3 is 0 Å². The molecule has 0 saturated carbocycles. The van der Waals surface area contributed by atoms with Crippen molar-refractivity contribution in [2.45, 2.75) is 17.1 Å². The van der Waals surface area contributed by atoms with Crippen LogP contribution >= 0.6 is 23.4 Å². The fourth-order valence-corrected chi connectivity index (χ4v) is 4.36. The van der Waals surface area contributed by atoms with Gasteiger partial charge < -0.3 is 4.98 Å². The highest BCUT2D eigenvalue weighted by atomic mass is 35.5. The third-order valence-electron chi connectivity index (χ3n) is 4.55. The van der Waals surface area contributed by atoms with Crippen molar-refractivity contribution in [3.05, 3.63) is 76.1 Å². The van der Waals surface area contributed by atoms with E-state index in [1.807, 2.05) is 31.2 Å². The largest absolute Gasteiger partial charge is 0.341 e. The van der Waals surface area contributed by atoms with Gasteiger partial charge in [-0.3, -0.25) is 9.36 Å². The average Bonchev–Trinajstić information content (AvgIpc) is 3.19. The van der Waals surface area contributed by atoms with E-state index in [4.69, 9.17) is 16.6 Å². The van der Waals surface area contributed by atoms with Gasteiger partial charge in [-0.25, -0.2) is 19.9 Å². The fraction of sp³-hybridized carbons (Fsp3) is 0.0500. The molecule has 29 heavy (non-hydrogen) atoms. The molecule has 9 heteroatoms. The van der Waals surface area contributed by atoms with Gasteiger partial charge in [-0.1, -0.05) is 35.9 Å². The number of aromatic amines is 1. The van der Waals surface area contributed by atoms with Crippen molar-refractivity contribution in [3.8, 4) is 5.69 Å². The van der Waals surface area contributed by atoms with Crippen molar-refractivity contribution in [1.29, 1.82) is 0 Å². The number of fused-ring (bicyclic) bond motifs is 2. The Bertz CT molecular complexity index is 1440. The number of nitrogens with zero attached hydrogens (tertiary/aromatic N) is 5. The van der Waals surface area contributed by atoms with E-state index in [1.54, 1.807) is 29.1 Å². The Hall–Kier alpha value is -3.23. The molecule has 2 aromatic carbocycles. The lowest BCUT2D eigenvalue weighted by molar-refractivity contribution is 0.813. The summed E-state index contributed by atoms with van der Waals surface area (Å²) in [5.41, 5.74) is 3.23. The van der Waals surface area contributed by atoms with Crippen LogP contribution in [0.15, 0.2) is 70.1 Å². The predicted molar refractivity (Wildman–Crippen MR) is 113 cm³/mol. The first-order chi connectivity index (χ1) is 14.1. The van der Waals surface area contributed by atoms with E-state index in [0.29, 0.717) is 37.3 Å². The Labute approximate surface area is 173 Å². The van der Waals surface area contributed by atoms with Gasteiger partial charge in [0, 0.05) is 0 Å². The van der Waals surface area contributed by atoms with Gasteiger partial charge in [0.2, 0.25) is 0 Å². The van der Waals surface area contributed by atoms with Crippen molar-refractivity contribution in [2.75, 3.05) is 0 Å². The second-order valence-corrected chi connectivity index (χ2v) is 7.70. The lowest BCUT2D eigenvalue weighted by Crippen LogP contribution is -2.22. The number of benzene rings is 2. The summed E-state index contributed by atoms with van der Waals surface area (Å²) in [5.74, 6) is 0. The Balaban J connectivity index is 1.82. The summed E-state index contributed by atoms with van der Waals surface area (Å²) in [5, 5.41) is 1.87. The maximum absolute atomic E-state index is 13.5. The van der Waals surface area contributed by atoms with Crippen LogP contribution < -0.4 is 5.56 Å². The van der Waals surface area contributed by atoms with E-state index in [9.17, 15) is 4.79 Å². The fourth-order valence-electron chi connectivity index (χ4n) is 3.17. The van der Waals surface area contributed by atoms with Crippen LogP contribution in [0.25, 0.3) is 27.8 Å². The number of hydrogen-bond donors (Lipinski definition) is 1. The zero-order chi connectivity index (χ0) is 20.0. The third kappa shape index (κ3) is 2.97. The lowest BCUT2D eigenvalue weighted by atomic mass is 10.2. The van der Waals surface area contributed by atoms with Crippen molar-refractivity contribution in [3.63, 3.8) is 0 Å². The standard InChI is InChI=1S/C20H13ClN6OS/c1-11-5-2-3-8-14(11)27-19(28)15-12(21)6-4-7-13(15)26-20(27)29-18-16-17(23-9-22-16)24-10-25-18/h2-10H,1H3,(H,22,23,24,25). The van der Waals surface area contributed by atoms with Crippen LogP contribution in [0.4, 0.5) is 0 Å². The first-order valence-corrected chi connectivity index (χ1v) is 9.92. The molecule has 5 aromatic rings. The minimum atomic E-state index is -0.229. The van der Waals surface area contributed by atoms with E-state index >= 15 is 0 Å².